The number of aryl methyl sites for hydroxylation is 1. The summed E-state index contributed by atoms with van der Waals surface area (Å²) in [5, 5.41) is 8.62. The molecule has 32 heavy (non-hydrogen) atoms. The number of nitrogens with one attached hydrogen (secondary N) is 1. The first-order chi connectivity index (χ1) is 15.6. The molecule has 0 amide bonds. The van der Waals surface area contributed by atoms with E-state index in [-0.39, 0.29) is 5.82 Å². The van der Waals surface area contributed by atoms with Crippen LogP contribution in [0.25, 0.3) is 11.0 Å². The lowest BCUT2D eigenvalue weighted by Gasteiger charge is -2.36. The van der Waals surface area contributed by atoms with Gasteiger partial charge in [0, 0.05) is 50.7 Å². The zero-order valence-corrected chi connectivity index (χ0v) is 18.0. The third kappa shape index (κ3) is 3.89. The number of aromatic nitrogens is 4. The summed E-state index contributed by atoms with van der Waals surface area (Å²) in [6, 6.07) is 14.3. The number of rotatable bonds is 5. The SMILES string of the molecule is COc1cccc(Nc2nc(N3CCN(c4ccc(F)cc4)CC3)nc3c2cnn3C)c1. The number of hydrogen-bond acceptors (Lipinski definition) is 7. The minimum Gasteiger partial charge on any atom is -0.497 e. The molecule has 9 heteroatoms. The third-order valence-corrected chi connectivity index (χ3v) is 5.67. The summed E-state index contributed by atoms with van der Waals surface area (Å²) in [6.45, 7) is 3.13. The monoisotopic (exact) mass is 433 g/mol. The molecule has 0 radical (unpaired) electrons. The molecule has 1 aliphatic rings. The van der Waals surface area contributed by atoms with Gasteiger partial charge in [-0.1, -0.05) is 6.07 Å². The van der Waals surface area contributed by atoms with E-state index in [1.165, 1.54) is 12.1 Å². The van der Waals surface area contributed by atoms with Crippen LogP contribution in [0.2, 0.25) is 0 Å². The summed E-state index contributed by atoms with van der Waals surface area (Å²) < 4.78 is 20.3. The van der Waals surface area contributed by atoms with Crippen molar-refractivity contribution in [1.82, 2.24) is 19.7 Å². The standard InChI is InChI=1S/C23H24FN7O/c1-29-22-20(15-25-29)21(26-17-4-3-5-19(14-17)32-2)27-23(28-22)31-12-10-30(11-13-31)18-8-6-16(24)7-9-18/h3-9,14-15H,10-13H2,1-2H3,(H,26,27,28). The Bertz CT molecular complexity index is 1230. The van der Waals surface area contributed by atoms with E-state index in [9.17, 15) is 4.39 Å². The number of ether oxygens (including phenoxy) is 1. The number of piperazine rings is 1. The van der Waals surface area contributed by atoms with E-state index in [1.54, 1.807) is 18.0 Å². The molecule has 0 saturated carbocycles. The summed E-state index contributed by atoms with van der Waals surface area (Å²) in [6.07, 6.45) is 1.77. The Hall–Kier alpha value is -3.88. The minimum atomic E-state index is -0.221. The molecule has 4 aromatic rings. The first-order valence-electron chi connectivity index (χ1n) is 10.5. The fraction of sp³-hybridized carbons (Fsp3) is 0.261. The molecule has 1 saturated heterocycles. The summed E-state index contributed by atoms with van der Waals surface area (Å²) in [7, 11) is 3.52. The molecule has 8 nitrogen and oxygen atoms in total. The lowest BCUT2D eigenvalue weighted by atomic mass is 10.2. The van der Waals surface area contributed by atoms with Gasteiger partial charge in [0.05, 0.1) is 18.7 Å². The molecule has 1 fully saturated rings. The molecule has 164 valence electrons. The van der Waals surface area contributed by atoms with Crippen LogP contribution in [-0.2, 0) is 7.05 Å². The highest BCUT2D eigenvalue weighted by Crippen LogP contribution is 2.28. The van der Waals surface area contributed by atoms with Crippen molar-refractivity contribution in [3.63, 3.8) is 0 Å². The molecule has 0 spiro atoms. The van der Waals surface area contributed by atoms with E-state index in [0.717, 1.165) is 54.3 Å². The predicted molar refractivity (Wildman–Crippen MR) is 123 cm³/mol. The zero-order chi connectivity index (χ0) is 22.1. The molecule has 3 heterocycles. The fourth-order valence-electron chi connectivity index (χ4n) is 3.90. The highest BCUT2D eigenvalue weighted by Gasteiger charge is 2.22. The number of anilines is 4. The maximum Gasteiger partial charge on any atom is 0.229 e. The van der Waals surface area contributed by atoms with Crippen LogP contribution in [0.1, 0.15) is 0 Å². The maximum absolute atomic E-state index is 13.2. The van der Waals surface area contributed by atoms with Crippen molar-refractivity contribution >= 4 is 34.2 Å². The average Bonchev–Trinajstić information content (AvgIpc) is 3.21. The largest absolute Gasteiger partial charge is 0.497 e. The molecule has 0 bridgehead atoms. The molecule has 1 aliphatic heterocycles. The molecule has 1 N–H and O–H groups in total. The van der Waals surface area contributed by atoms with Crippen LogP contribution < -0.4 is 19.9 Å². The maximum atomic E-state index is 13.2. The molecular formula is C23H24FN7O. The molecule has 5 rings (SSSR count). The van der Waals surface area contributed by atoms with Gasteiger partial charge in [-0.25, -0.2) is 4.39 Å². The molecule has 0 unspecified atom stereocenters. The minimum absolute atomic E-state index is 0.221. The number of hydrogen-bond donors (Lipinski definition) is 1. The predicted octanol–water partition coefficient (Wildman–Crippen LogP) is 3.58. The van der Waals surface area contributed by atoms with E-state index < -0.39 is 0 Å². The van der Waals surface area contributed by atoms with Crippen molar-refractivity contribution in [2.24, 2.45) is 7.05 Å². The number of halogens is 1. The van der Waals surface area contributed by atoms with E-state index in [0.29, 0.717) is 11.8 Å². The van der Waals surface area contributed by atoms with Crippen LogP contribution in [0.4, 0.5) is 27.5 Å². The van der Waals surface area contributed by atoms with Crippen molar-refractivity contribution in [2.75, 3.05) is 48.4 Å². The van der Waals surface area contributed by atoms with E-state index >= 15 is 0 Å². The van der Waals surface area contributed by atoms with Crippen molar-refractivity contribution in [3.05, 3.63) is 60.5 Å². The van der Waals surface area contributed by atoms with Crippen LogP contribution in [0.5, 0.6) is 5.75 Å². The fourth-order valence-corrected chi connectivity index (χ4v) is 3.90. The van der Waals surface area contributed by atoms with Crippen molar-refractivity contribution in [3.8, 4) is 5.75 Å². The number of benzene rings is 2. The van der Waals surface area contributed by atoms with Gasteiger partial charge in [-0.3, -0.25) is 4.68 Å². The summed E-state index contributed by atoms with van der Waals surface area (Å²) in [4.78, 5) is 14.0. The van der Waals surface area contributed by atoms with Gasteiger partial charge in [0.2, 0.25) is 5.95 Å². The van der Waals surface area contributed by atoms with Crippen molar-refractivity contribution < 1.29 is 9.13 Å². The highest BCUT2D eigenvalue weighted by molar-refractivity contribution is 5.89. The van der Waals surface area contributed by atoms with Crippen LogP contribution in [-0.4, -0.2) is 53.0 Å². The second kappa shape index (κ2) is 8.33. The van der Waals surface area contributed by atoms with Crippen LogP contribution >= 0.6 is 0 Å². The van der Waals surface area contributed by atoms with Gasteiger partial charge < -0.3 is 19.9 Å². The van der Waals surface area contributed by atoms with Crippen LogP contribution in [0, 0.1) is 5.82 Å². The molecule has 2 aromatic heterocycles. The van der Waals surface area contributed by atoms with E-state index in [2.05, 4.69) is 20.2 Å². The number of methoxy groups -OCH3 is 1. The Balaban J connectivity index is 1.41. The first kappa shape index (κ1) is 20.0. The topological polar surface area (TPSA) is 71.3 Å². The Morgan fingerprint density at radius 1 is 0.969 bits per heavy atom. The third-order valence-electron chi connectivity index (χ3n) is 5.67. The Morgan fingerprint density at radius 3 is 2.47 bits per heavy atom. The Kier molecular flexibility index (Phi) is 5.22. The smallest absolute Gasteiger partial charge is 0.229 e. The van der Waals surface area contributed by atoms with Gasteiger partial charge in [-0.05, 0) is 36.4 Å². The van der Waals surface area contributed by atoms with Crippen molar-refractivity contribution in [1.29, 1.82) is 0 Å². The highest BCUT2D eigenvalue weighted by atomic mass is 19.1. The van der Waals surface area contributed by atoms with Gasteiger partial charge in [0.15, 0.2) is 5.65 Å². The van der Waals surface area contributed by atoms with E-state index in [4.69, 9.17) is 14.7 Å². The molecule has 2 aromatic carbocycles. The second-order valence-corrected chi connectivity index (χ2v) is 7.69. The van der Waals surface area contributed by atoms with Gasteiger partial charge in [-0.15, -0.1) is 0 Å². The van der Waals surface area contributed by atoms with Crippen LogP contribution in [0.15, 0.2) is 54.7 Å². The van der Waals surface area contributed by atoms with Gasteiger partial charge in [-0.2, -0.15) is 15.1 Å². The van der Waals surface area contributed by atoms with Gasteiger partial charge in [0.25, 0.3) is 0 Å². The van der Waals surface area contributed by atoms with E-state index in [1.807, 2.05) is 43.4 Å². The average molecular weight is 433 g/mol. The quantitative estimate of drug-likeness (QED) is 0.516. The van der Waals surface area contributed by atoms with Gasteiger partial charge >= 0.3 is 0 Å². The Labute approximate surface area is 185 Å². The summed E-state index contributed by atoms with van der Waals surface area (Å²) >= 11 is 0. The lowest BCUT2D eigenvalue weighted by molar-refractivity contribution is 0.415. The molecule has 0 atom stereocenters. The number of fused-ring (bicyclic) bond motifs is 1. The number of nitrogens with zero attached hydrogens (tertiary/aromatic N) is 6. The first-order valence-corrected chi connectivity index (χ1v) is 10.5. The normalized spacial score (nSPS) is 14.1. The van der Waals surface area contributed by atoms with Crippen molar-refractivity contribution in [2.45, 2.75) is 0 Å². The summed E-state index contributed by atoms with van der Waals surface area (Å²) in [5.41, 5.74) is 2.66. The van der Waals surface area contributed by atoms with Crippen LogP contribution in [0.3, 0.4) is 0 Å². The zero-order valence-electron chi connectivity index (χ0n) is 18.0. The summed E-state index contributed by atoms with van der Waals surface area (Å²) in [5.74, 6) is 1.91. The molecular weight excluding hydrogens is 409 g/mol. The lowest BCUT2D eigenvalue weighted by Crippen LogP contribution is -2.47. The van der Waals surface area contributed by atoms with Gasteiger partial charge in [0.1, 0.15) is 17.4 Å². The molecule has 0 aliphatic carbocycles. The Morgan fingerprint density at radius 2 is 1.72 bits per heavy atom. The second-order valence-electron chi connectivity index (χ2n) is 7.69.